The van der Waals surface area contributed by atoms with Crippen LogP contribution in [0.15, 0.2) is 24.3 Å². The summed E-state index contributed by atoms with van der Waals surface area (Å²) in [6.07, 6.45) is 4.63. The summed E-state index contributed by atoms with van der Waals surface area (Å²) >= 11 is 0. The zero-order valence-electron chi connectivity index (χ0n) is 14.4. The molecule has 25 heavy (non-hydrogen) atoms. The number of rotatable bonds is 5. The number of carbonyl (C=O) groups excluding carboxylic acids is 1. The third-order valence-electron chi connectivity index (χ3n) is 6.15. The highest BCUT2D eigenvalue weighted by atomic mass is 16.5. The molecule has 3 aliphatic rings. The van der Waals surface area contributed by atoms with Crippen molar-refractivity contribution >= 4 is 11.9 Å². The summed E-state index contributed by atoms with van der Waals surface area (Å²) in [5, 5.41) is 13.1. The molecule has 1 heterocycles. The third kappa shape index (κ3) is 3.06. The highest BCUT2D eigenvalue weighted by molar-refractivity contribution is 5.90. The van der Waals surface area contributed by atoms with Crippen LogP contribution in [0.3, 0.4) is 0 Å². The molecule has 1 aromatic rings. The largest absolute Gasteiger partial charge is 0.481 e. The molecule has 2 N–H and O–H groups in total. The van der Waals surface area contributed by atoms with Gasteiger partial charge in [-0.2, -0.15) is 0 Å². The van der Waals surface area contributed by atoms with E-state index in [9.17, 15) is 14.7 Å². The van der Waals surface area contributed by atoms with Gasteiger partial charge in [0, 0.05) is 12.3 Å². The van der Waals surface area contributed by atoms with Crippen LogP contribution in [-0.4, -0.2) is 36.2 Å². The van der Waals surface area contributed by atoms with Gasteiger partial charge in [0.15, 0.2) is 0 Å². The normalized spacial score (nSPS) is 31.4. The van der Waals surface area contributed by atoms with Crippen molar-refractivity contribution in [2.45, 2.75) is 50.0 Å². The van der Waals surface area contributed by atoms with E-state index in [4.69, 9.17) is 4.74 Å². The molecule has 0 aromatic heterocycles. The number of hydrogen-bond acceptors (Lipinski definition) is 3. The van der Waals surface area contributed by atoms with Crippen LogP contribution >= 0.6 is 0 Å². The average Bonchev–Trinajstić information content (AvgIpc) is 3.34. The SMILES string of the molecule is O=C(CC1(C(=O)O)CCCc2ccccc21)NC1COCC1C1CC1. The van der Waals surface area contributed by atoms with E-state index in [1.54, 1.807) is 0 Å². The van der Waals surface area contributed by atoms with Crippen LogP contribution in [0.4, 0.5) is 0 Å². The second-order valence-corrected chi connectivity index (χ2v) is 7.79. The molecule has 1 amide bonds. The van der Waals surface area contributed by atoms with E-state index in [2.05, 4.69) is 5.32 Å². The molecular formula is C20H25NO4. The summed E-state index contributed by atoms with van der Waals surface area (Å²) in [5.74, 6) is -0.00326. The maximum Gasteiger partial charge on any atom is 0.314 e. The van der Waals surface area contributed by atoms with Crippen molar-refractivity contribution in [2.75, 3.05) is 13.2 Å². The zero-order valence-corrected chi connectivity index (χ0v) is 14.4. The van der Waals surface area contributed by atoms with Gasteiger partial charge in [0.2, 0.25) is 5.91 Å². The van der Waals surface area contributed by atoms with E-state index in [1.807, 2.05) is 24.3 Å². The van der Waals surface area contributed by atoms with Gasteiger partial charge in [0.25, 0.3) is 0 Å². The first-order chi connectivity index (χ1) is 12.1. The zero-order chi connectivity index (χ0) is 17.4. The van der Waals surface area contributed by atoms with Crippen molar-refractivity contribution in [3.63, 3.8) is 0 Å². The molecule has 134 valence electrons. The molecule has 2 aliphatic carbocycles. The van der Waals surface area contributed by atoms with Crippen molar-refractivity contribution in [1.82, 2.24) is 5.32 Å². The van der Waals surface area contributed by atoms with Gasteiger partial charge in [-0.05, 0) is 49.1 Å². The number of amides is 1. The quantitative estimate of drug-likeness (QED) is 0.860. The summed E-state index contributed by atoms with van der Waals surface area (Å²) in [4.78, 5) is 24.9. The Morgan fingerprint density at radius 2 is 2.04 bits per heavy atom. The fourth-order valence-corrected chi connectivity index (χ4v) is 4.64. The topological polar surface area (TPSA) is 75.6 Å². The van der Waals surface area contributed by atoms with Crippen LogP contribution in [0, 0.1) is 11.8 Å². The maximum absolute atomic E-state index is 12.7. The fraction of sp³-hybridized carbons (Fsp3) is 0.600. The molecule has 0 spiro atoms. The van der Waals surface area contributed by atoms with Gasteiger partial charge in [-0.25, -0.2) is 0 Å². The average molecular weight is 343 g/mol. The number of ether oxygens (including phenoxy) is 1. The van der Waals surface area contributed by atoms with Crippen LogP contribution in [0.2, 0.25) is 0 Å². The van der Waals surface area contributed by atoms with E-state index in [0.29, 0.717) is 31.5 Å². The lowest BCUT2D eigenvalue weighted by atomic mass is 9.68. The predicted octanol–water partition coefficient (Wildman–Crippen LogP) is 2.28. The molecule has 4 rings (SSSR count). The molecule has 1 saturated heterocycles. The molecule has 0 bridgehead atoms. The smallest absolute Gasteiger partial charge is 0.314 e. The minimum absolute atomic E-state index is 0.00718. The summed E-state index contributed by atoms with van der Waals surface area (Å²) in [7, 11) is 0. The molecule has 3 atom stereocenters. The number of carbonyl (C=O) groups is 2. The van der Waals surface area contributed by atoms with Crippen molar-refractivity contribution in [3.8, 4) is 0 Å². The Balaban J connectivity index is 1.53. The summed E-state index contributed by atoms with van der Waals surface area (Å²) in [5.41, 5.74) is 0.766. The number of nitrogens with one attached hydrogen (secondary N) is 1. The van der Waals surface area contributed by atoms with Gasteiger partial charge in [0.1, 0.15) is 5.41 Å². The van der Waals surface area contributed by atoms with Gasteiger partial charge >= 0.3 is 5.97 Å². The highest BCUT2D eigenvalue weighted by Crippen LogP contribution is 2.42. The molecule has 2 fully saturated rings. The minimum Gasteiger partial charge on any atom is -0.481 e. The van der Waals surface area contributed by atoms with Crippen molar-refractivity contribution < 1.29 is 19.4 Å². The van der Waals surface area contributed by atoms with Crippen LogP contribution in [0.25, 0.3) is 0 Å². The number of carboxylic acid groups (broad SMARTS) is 1. The van der Waals surface area contributed by atoms with Gasteiger partial charge in [0.05, 0.1) is 19.3 Å². The Hall–Kier alpha value is -1.88. The number of benzene rings is 1. The Labute approximate surface area is 147 Å². The van der Waals surface area contributed by atoms with Crippen molar-refractivity contribution in [2.24, 2.45) is 11.8 Å². The van der Waals surface area contributed by atoms with Gasteiger partial charge in [-0.1, -0.05) is 24.3 Å². The molecule has 1 aromatic carbocycles. The molecule has 1 saturated carbocycles. The fourth-order valence-electron chi connectivity index (χ4n) is 4.64. The standard InChI is InChI=1S/C20H25NO4/c22-18(21-17-12-25-11-15(17)13-7-8-13)10-20(19(23)24)9-3-5-14-4-1-2-6-16(14)20/h1-2,4,6,13,15,17H,3,5,7-12H2,(H,21,22)(H,23,24). The first-order valence-corrected chi connectivity index (χ1v) is 9.29. The van der Waals surface area contributed by atoms with Gasteiger partial charge < -0.3 is 15.2 Å². The maximum atomic E-state index is 12.7. The molecular weight excluding hydrogens is 318 g/mol. The predicted molar refractivity (Wildman–Crippen MR) is 92.3 cm³/mol. The third-order valence-corrected chi connectivity index (χ3v) is 6.15. The van der Waals surface area contributed by atoms with Gasteiger partial charge in [-0.15, -0.1) is 0 Å². The number of carboxylic acids is 1. The monoisotopic (exact) mass is 343 g/mol. The number of aliphatic carboxylic acids is 1. The summed E-state index contributed by atoms with van der Waals surface area (Å²) < 4.78 is 5.56. The van der Waals surface area contributed by atoms with Gasteiger partial charge in [-0.3, -0.25) is 9.59 Å². The number of hydrogen-bond donors (Lipinski definition) is 2. The second kappa shape index (κ2) is 6.45. The lowest BCUT2D eigenvalue weighted by Gasteiger charge is -2.35. The van der Waals surface area contributed by atoms with E-state index < -0.39 is 11.4 Å². The molecule has 0 radical (unpaired) electrons. The lowest BCUT2D eigenvalue weighted by Crippen LogP contribution is -2.47. The van der Waals surface area contributed by atoms with Crippen LogP contribution in [0.5, 0.6) is 0 Å². The first-order valence-electron chi connectivity index (χ1n) is 9.29. The second-order valence-electron chi connectivity index (χ2n) is 7.79. The van der Waals surface area contributed by atoms with E-state index in [0.717, 1.165) is 24.0 Å². The Morgan fingerprint density at radius 3 is 2.80 bits per heavy atom. The van der Waals surface area contributed by atoms with E-state index in [-0.39, 0.29) is 18.4 Å². The lowest BCUT2D eigenvalue weighted by molar-refractivity contribution is -0.147. The summed E-state index contributed by atoms with van der Waals surface area (Å²) in [6, 6.07) is 7.70. The van der Waals surface area contributed by atoms with Crippen LogP contribution < -0.4 is 5.32 Å². The highest BCUT2D eigenvalue weighted by Gasteiger charge is 2.46. The summed E-state index contributed by atoms with van der Waals surface area (Å²) in [6.45, 7) is 1.26. The number of fused-ring (bicyclic) bond motifs is 1. The van der Waals surface area contributed by atoms with Crippen LogP contribution in [0.1, 0.15) is 43.2 Å². The molecule has 5 nitrogen and oxygen atoms in total. The van der Waals surface area contributed by atoms with Crippen LogP contribution in [-0.2, 0) is 26.2 Å². The van der Waals surface area contributed by atoms with Crippen molar-refractivity contribution in [1.29, 1.82) is 0 Å². The Bertz CT molecular complexity index is 684. The van der Waals surface area contributed by atoms with E-state index >= 15 is 0 Å². The first kappa shape index (κ1) is 16.6. The molecule has 3 unspecified atom stereocenters. The van der Waals surface area contributed by atoms with Crippen molar-refractivity contribution in [3.05, 3.63) is 35.4 Å². The van der Waals surface area contributed by atoms with E-state index in [1.165, 1.54) is 12.8 Å². The Kier molecular flexibility index (Phi) is 4.28. The number of aryl methyl sites for hydroxylation is 1. The minimum atomic E-state index is -1.10. The Morgan fingerprint density at radius 1 is 1.24 bits per heavy atom. The molecule has 1 aliphatic heterocycles. The molecule has 5 heteroatoms.